The minimum absolute atomic E-state index is 0.229. The fourth-order valence-corrected chi connectivity index (χ4v) is 3.72. The Morgan fingerprint density at radius 1 is 0.864 bits per heavy atom. The van der Waals surface area contributed by atoms with Crippen LogP contribution < -0.4 is 0 Å². The van der Waals surface area contributed by atoms with Crippen LogP contribution >= 0.6 is 11.6 Å². The summed E-state index contributed by atoms with van der Waals surface area (Å²) in [5.74, 6) is -0.229. The number of halogens is 2. The van der Waals surface area contributed by atoms with Crippen LogP contribution in [0.1, 0.15) is 12.1 Å². The van der Waals surface area contributed by atoms with Gasteiger partial charge in [-0.1, -0.05) is 54.1 Å². The summed E-state index contributed by atoms with van der Waals surface area (Å²) in [5.41, 5.74) is 5.62. The highest BCUT2D eigenvalue weighted by molar-refractivity contribution is 6.33. The monoisotopic (exact) mass is 311 g/mol. The molecule has 110 valence electrons. The first-order valence-electron chi connectivity index (χ1n) is 7.48. The number of hydrogen-bond acceptors (Lipinski definition) is 0. The van der Waals surface area contributed by atoms with Gasteiger partial charge < -0.3 is 4.57 Å². The lowest BCUT2D eigenvalue weighted by atomic mass is 9.95. The molecule has 0 unspecified atom stereocenters. The largest absolute Gasteiger partial charge is 0.335 e. The smallest absolute Gasteiger partial charge is 0.123 e. The lowest BCUT2D eigenvalue weighted by Crippen LogP contribution is -1.91. The zero-order valence-corrected chi connectivity index (χ0v) is 12.8. The average Bonchev–Trinajstić information content (AvgIpc) is 3.12. The summed E-state index contributed by atoms with van der Waals surface area (Å²) >= 11 is 6.67. The van der Waals surface area contributed by atoms with Crippen molar-refractivity contribution < 1.29 is 4.39 Å². The molecule has 0 radical (unpaired) electrons. The first-order valence-corrected chi connectivity index (χ1v) is 7.85. The second-order valence-electron chi connectivity index (χ2n) is 5.62. The van der Waals surface area contributed by atoms with Crippen LogP contribution in [-0.2, 0) is 13.0 Å². The fourth-order valence-electron chi connectivity index (χ4n) is 3.33. The molecule has 0 spiro atoms. The number of aromatic nitrogens is 1. The predicted molar refractivity (Wildman–Crippen MR) is 88.6 cm³/mol. The molecule has 2 heterocycles. The molecule has 4 rings (SSSR count). The molecule has 1 aliphatic rings. The Labute approximate surface area is 134 Å². The fraction of sp³-hybridized carbons (Fsp3) is 0.158. The van der Waals surface area contributed by atoms with Gasteiger partial charge in [-0.25, -0.2) is 4.39 Å². The molecule has 3 aromatic rings. The molecule has 0 N–H and O–H groups in total. The van der Waals surface area contributed by atoms with Gasteiger partial charge in [-0.05, 0) is 36.1 Å². The van der Waals surface area contributed by atoms with Gasteiger partial charge >= 0.3 is 0 Å². The van der Waals surface area contributed by atoms with Crippen molar-refractivity contribution in [2.24, 2.45) is 0 Å². The minimum Gasteiger partial charge on any atom is -0.335 e. The lowest BCUT2D eigenvalue weighted by molar-refractivity contribution is 0.628. The molecule has 0 saturated carbocycles. The molecule has 0 aliphatic carbocycles. The standard InChI is InChI=1S/C19H15ClFN/c20-19-18(14-8-10-15(21)11-9-14)17(13-5-2-1-3-6-13)16-7-4-12-22(16)19/h1-3,5-6,8-11H,4,7,12H2. The SMILES string of the molecule is Fc1ccc(-c2c(-c3ccccc3)c3n(c2Cl)CCC3)cc1. The normalized spacial score (nSPS) is 13.4. The lowest BCUT2D eigenvalue weighted by Gasteiger charge is -2.08. The van der Waals surface area contributed by atoms with Crippen LogP contribution in [0.5, 0.6) is 0 Å². The van der Waals surface area contributed by atoms with E-state index in [9.17, 15) is 4.39 Å². The van der Waals surface area contributed by atoms with E-state index in [1.165, 1.54) is 29.0 Å². The summed E-state index contributed by atoms with van der Waals surface area (Å²) < 4.78 is 15.4. The molecule has 1 aliphatic heterocycles. The number of fused-ring (bicyclic) bond motifs is 1. The van der Waals surface area contributed by atoms with Gasteiger partial charge in [-0.2, -0.15) is 0 Å². The van der Waals surface area contributed by atoms with E-state index in [0.717, 1.165) is 35.7 Å². The van der Waals surface area contributed by atoms with Crippen LogP contribution in [0, 0.1) is 5.82 Å². The minimum atomic E-state index is -0.229. The summed E-state index contributed by atoms with van der Waals surface area (Å²) in [5, 5.41) is 0.762. The molecular formula is C19H15ClFN. The third-order valence-corrected chi connectivity index (χ3v) is 4.69. The Morgan fingerprint density at radius 3 is 2.27 bits per heavy atom. The van der Waals surface area contributed by atoms with E-state index in [2.05, 4.69) is 16.7 Å². The van der Waals surface area contributed by atoms with E-state index in [1.807, 2.05) is 18.2 Å². The predicted octanol–water partition coefficient (Wildman–Crippen LogP) is 5.56. The highest BCUT2D eigenvalue weighted by atomic mass is 35.5. The van der Waals surface area contributed by atoms with Crippen LogP contribution in [0.4, 0.5) is 4.39 Å². The Hall–Kier alpha value is -2.06. The van der Waals surface area contributed by atoms with E-state index in [1.54, 1.807) is 12.1 Å². The van der Waals surface area contributed by atoms with Crippen molar-refractivity contribution in [3.05, 3.63) is 71.3 Å². The number of hydrogen-bond donors (Lipinski definition) is 0. The maximum atomic E-state index is 13.3. The third-order valence-electron chi connectivity index (χ3n) is 4.30. The van der Waals surface area contributed by atoms with Crippen molar-refractivity contribution in [3.8, 4) is 22.3 Å². The van der Waals surface area contributed by atoms with Gasteiger partial charge in [0.25, 0.3) is 0 Å². The molecule has 3 heteroatoms. The molecule has 0 atom stereocenters. The van der Waals surface area contributed by atoms with Gasteiger partial charge in [0, 0.05) is 23.4 Å². The van der Waals surface area contributed by atoms with Gasteiger partial charge in [0.2, 0.25) is 0 Å². The van der Waals surface area contributed by atoms with Crippen molar-refractivity contribution in [1.29, 1.82) is 0 Å². The Kier molecular flexibility index (Phi) is 3.27. The van der Waals surface area contributed by atoms with Gasteiger partial charge in [0.15, 0.2) is 0 Å². The van der Waals surface area contributed by atoms with Gasteiger partial charge in [0.1, 0.15) is 11.0 Å². The summed E-state index contributed by atoms with van der Waals surface area (Å²) in [6.07, 6.45) is 2.16. The maximum absolute atomic E-state index is 13.3. The van der Waals surface area contributed by atoms with Crippen LogP contribution in [0.3, 0.4) is 0 Å². The highest BCUT2D eigenvalue weighted by Gasteiger charge is 2.26. The summed E-state index contributed by atoms with van der Waals surface area (Å²) in [6.45, 7) is 0.954. The number of nitrogens with zero attached hydrogens (tertiary/aromatic N) is 1. The molecule has 1 nitrogen and oxygen atoms in total. The van der Waals surface area contributed by atoms with Crippen molar-refractivity contribution >= 4 is 11.6 Å². The molecule has 22 heavy (non-hydrogen) atoms. The van der Waals surface area contributed by atoms with Crippen molar-refractivity contribution in [2.75, 3.05) is 0 Å². The van der Waals surface area contributed by atoms with E-state index >= 15 is 0 Å². The van der Waals surface area contributed by atoms with Crippen LogP contribution in [0.25, 0.3) is 22.3 Å². The molecule has 0 amide bonds. The second kappa shape index (κ2) is 5.29. The topological polar surface area (TPSA) is 4.93 Å². The quantitative estimate of drug-likeness (QED) is 0.584. The molecule has 0 fully saturated rings. The summed E-state index contributed by atoms with van der Waals surface area (Å²) in [7, 11) is 0. The zero-order valence-electron chi connectivity index (χ0n) is 12.0. The molecule has 2 aromatic carbocycles. The average molecular weight is 312 g/mol. The number of rotatable bonds is 2. The Bertz CT molecular complexity index is 819. The molecular weight excluding hydrogens is 297 g/mol. The number of benzene rings is 2. The van der Waals surface area contributed by atoms with Gasteiger partial charge in [0.05, 0.1) is 0 Å². The Balaban J connectivity index is 2.00. The Morgan fingerprint density at radius 2 is 1.55 bits per heavy atom. The van der Waals surface area contributed by atoms with Crippen molar-refractivity contribution in [3.63, 3.8) is 0 Å². The van der Waals surface area contributed by atoms with Crippen LogP contribution in [-0.4, -0.2) is 4.57 Å². The maximum Gasteiger partial charge on any atom is 0.123 e. The summed E-state index contributed by atoms with van der Waals surface area (Å²) in [4.78, 5) is 0. The van der Waals surface area contributed by atoms with E-state index in [4.69, 9.17) is 11.6 Å². The van der Waals surface area contributed by atoms with Crippen LogP contribution in [0.15, 0.2) is 54.6 Å². The first kappa shape index (κ1) is 13.6. The van der Waals surface area contributed by atoms with E-state index in [-0.39, 0.29) is 5.82 Å². The highest BCUT2D eigenvalue weighted by Crippen LogP contribution is 2.44. The first-order chi connectivity index (χ1) is 10.8. The van der Waals surface area contributed by atoms with E-state index in [0.29, 0.717) is 0 Å². The van der Waals surface area contributed by atoms with E-state index < -0.39 is 0 Å². The van der Waals surface area contributed by atoms with Crippen molar-refractivity contribution in [2.45, 2.75) is 19.4 Å². The van der Waals surface area contributed by atoms with Gasteiger partial charge in [-0.15, -0.1) is 0 Å². The molecule has 0 bridgehead atoms. The molecule has 0 saturated heterocycles. The molecule has 1 aromatic heterocycles. The summed E-state index contributed by atoms with van der Waals surface area (Å²) in [6, 6.07) is 16.9. The second-order valence-corrected chi connectivity index (χ2v) is 5.97. The van der Waals surface area contributed by atoms with Crippen molar-refractivity contribution in [1.82, 2.24) is 4.57 Å². The van der Waals surface area contributed by atoms with Gasteiger partial charge in [-0.3, -0.25) is 0 Å². The zero-order chi connectivity index (χ0) is 15.1. The third kappa shape index (κ3) is 2.06. The van der Waals surface area contributed by atoms with Crippen LogP contribution in [0.2, 0.25) is 5.15 Å².